The summed E-state index contributed by atoms with van der Waals surface area (Å²) in [5, 5.41) is 25.4. The number of nitrogens with one attached hydrogen (secondary N) is 1. The largest absolute Gasteiger partial charge is 0.310 e. The predicted molar refractivity (Wildman–Crippen MR) is 67.9 cm³/mol. The maximum absolute atomic E-state index is 10.8. The maximum atomic E-state index is 10.8. The predicted octanol–water partition coefficient (Wildman–Crippen LogP) is 0.988. The van der Waals surface area contributed by atoms with Crippen LogP contribution in [-0.2, 0) is 6.54 Å². The normalized spacial score (nSPS) is 10.6. The third kappa shape index (κ3) is 2.74. The molecule has 8 nitrogen and oxygen atoms in total. The van der Waals surface area contributed by atoms with E-state index in [1.54, 1.807) is 23.7 Å². The van der Waals surface area contributed by atoms with Crippen LogP contribution in [0.25, 0.3) is 5.69 Å². The lowest BCUT2D eigenvalue weighted by Gasteiger charge is -2.06. The van der Waals surface area contributed by atoms with Crippen molar-refractivity contribution >= 4 is 5.69 Å². The highest BCUT2D eigenvalue weighted by atomic mass is 16.6. The minimum absolute atomic E-state index is 0.0880. The molecule has 8 heteroatoms. The molecule has 0 atom stereocenters. The van der Waals surface area contributed by atoms with Gasteiger partial charge in [-0.2, -0.15) is 4.68 Å². The van der Waals surface area contributed by atoms with E-state index < -0.39 is 4.92 Å². The van der Waals surface area contributed by atoms with Crippen molar-refractivity contribution < 1.29 is 4.92 Å². The minimum atomic E-state index is -0.405. The van der Waals surface area contributed by atoms with Crippen LogP contribution >= 0.6 is 0 Å². The van der Waals surface area contributed by atoms with E-state index in [0.717, 1.165) is 6.54 Å². The summed E-state index contributed by atoms with van der Waals surface area (Å²) in [6.45, 7) is 5.03. The summed E-state index contributed by atoms with van der Waals surface area (Å²) in [5.74, 6) is 0.662. The fourth-order valence-corrected chi connectivity index (χ4v) is 1.73. The van der Waals surface area contributed by atoms with Gasteiger partial charge >= 0.3 is 0 Å². The zero-order valence-corrected chi connectivity index (χ0v) is 10.7. The molecule has 2 aromatic rings. The van der Waals surface area contributed by atoms with Crippen molar-refractivity contribution in [3.8, 4) is 5.69 Å². The van der Waals surface area contributed by atoms with Gasteiger partial charge in [0.05, 0.1) is 17.2 Å². The molecule has 0 aliphatic heterocycles. The van der Waals surface area contributed by atoms with Gasteiger partial charge < -0.3 is 5.32 Å². The Morgan fingerprint density at radius 1 is 1.47 bits per heavy atom. The second-order valence-electron chi connectivity index (χ2n) is 4.02. The third-order valence-corrected chi connectivity index (χ3v) is 2.69. The van der Waals surface area contributed by atoms with Gasteiger partial charge in [0.25, 0.3) is 5.69 Å². The van der Waals surface area contributed by atoms with Crippen molar-refractivity contribution in [2.75, 3.05) is 6.54 Å². The first kappa shape index (κ1) is 13.1. The fourth-order valence-electron chi connectivity index (χ4n) is 1.73. The summed E-state index contributed by atoms with van der Waals surface area (Å²) in [6, 6.07) is 4.80. The van der Waals surface area contributed by atoms with Gasteiger partial charge in [-0.25, -0.2) is 0 Å². The Hall–Kier alpha value is -2.35. The Bertz CT molecular complexity index is 595. The van der Waals surface area contributed by atoms with Gasteiger partial charge in [-0.15, -0.1) is 5.10 Å². The molecule has 1 N–H and O–H groups in total. The number of aromatic nitrogens is 4. The first-order chi connectivity index (χ1) is 9.13. The Labute approximate surface area is 109 Å². The standard InChI is InChI=1S/C11H14N6O2/c1-3-12-7-11-13-14-15-16(11)9-4-5-10(17(18)19)8(2)6-9/h4-6,12H,3,7H2,1-2H3. The molecule has 0 spiro atoms. The van der Waals surface area contributed by atoms with Gasteiger partial charge in [0.2, 0.25) is 0 Å². The highest BCUT2D eigenvalue weighted by molar-refractivity contribution is 5.47. The Morgan fingerprint density at radius 2 is 2.26 bits per heavy atom. The zero-order valence-electron chi connectivity index (χ0n) is 10.7. The molecule has 0 amide bonds. The Balaban J connectivity index is 2.34. The lowest BCUT2D eigenvalue weighted by atomic mass is 10.2. The van der Waals surface area contributed by atoms with Crippen LogP contribution in [0.2, 0.25) is 0 Å². The first-order valence-electron chi connectivity index (χ1n) is 5.87. The summed E-state index contributed by atoms with van der Waals surface area (Å²) in [5.41, 5.74) is 1.37. The monoisotopic (exact) mass is 262 g/mol. The summed E-state index contributed by atoms with van der Waals surface area (Å²) in [4.78, 5) is 10.4. The molecule has 1 aromatic heterocycles. The molecule has 0 unspecified atom stereocenters. The molecular formula is C11H14N6O2. The molecule has 0 saturated heterocycles. The second kappa shape index (κ2) is 5.53. The van der Waals surface area contributed by atoms with Crippen LogP contribution in [0.5, 0.6) is 0 Å². The molecule has 0 bridgehead atoms. The molecule has 100 valence electrons. The molecule has 0 radical (unpaired) electrons. The third-order valence-electron chi connectivity index (χ3n) is 2.69. The van der Waals surface area contributed by atoms with Crippen molar-refractivity contribution in [2.45, 2.75) is 20.4 Å². The lowest BCUT2D eigenvalue weighted by Crippen LogP contribution is -2.16. The van der Waals surface area contributed by atoms with Gasteiger partial charge in [0, 0.05) is 11.6 Å². The first-order valence-corrected chi connectivity index (χ1v) is 5.87. The number of aryl methyl sites for hydroxylation is 1. The zero-order chi connectivity index (χ0) is 13.8. The van der Waals surface area contributed by atoms with E-state index >= 15 is 0 Å². The molecule has 19 heavy (non-hydrogen) atoms. The van der Waals surface area contributed by atoms with Gasteiger partial charge in [0.15, 0.2) is 5.82 Å². The molecule has 1 aromatic carbocycles. The smallest absolute Gasteiger partial charge is 0.272 e. The lowest BCUT2D eigenvalue weighted by molar-refractivity contribution is -0.385. The number of hydrogen-bond donors (Lipinski definition) is 1. The van der Waals surface area contributed by atoms with E-state index in [1.807, 2.05) is 6.92 Å². The van der Waals surface area contributed by atoms with Gasteiger partial charge in [0.1, 0.15) is 0 Å². The molecule has 2 rings (SSSR count). The number of tetrazole rings is 1. The Morgan fingerprint density at radius 3 is 2.89 bits per heavy atom. The topological polar surface area (TPSA) is 98.8 Å². The number of nitro groups is 1. The number of rotatable bonds is 5. The second-order valence-corrected chi connectivity index (χ2v) is 4.02. The van der Waals surface area contributed by atoms with Gasteiger partial charge in [-0.05, 0) is 36.0 Å². The molecule has 0 aliphatic rings. The molecule has 0 saturated carbocycles. The van der Waals surface area contributed by atoms with Crippen molar-refractivity contribution in [1.82, 2.24) is 25.5 Å². The van der Waals surface area contributed by atoms with E-state index in [2.05, 4.69) is 20.8 Å². The van der Waals surface area contributed by atoms with E-state index in [9.17, 15) is 10.1 Å². The minimum Gasteiger partial charge on any atom is -0.310 e. The van der Waals surface area contributed by atoms with E-state index in [-0.39, 0.29) is 5.69 Å². The Kier molecular flexibility index (Phi) is 3.81. The molecule has 0 fully saturated rings. The van der Waals surface area contributed by atoms with Crippen molar-refractivity contribution in [1.29, 1.82) is 0 Å². The van der Waals surface area contributed by atoms with E-state index in [4.69, 9.17) is 0 Å². The van der Waals surface area contributed by atoms with Crippen molar-refractivity contribution in [3.63, 3.8) is 0 Å². The van der Waals surface area contributed by atoms with Crippen LogP contribution in [0.15, 0.2) is 18.2 Å². The van der Waals surface area contributed by atoms with Crippen molar-refractivity contribution in [3.05, 3.63) is 39.7 Å². The summed E-state index contributed by atoms with van der Waals surface area (Å²) < 4.78 is 1.57. The van der Waals surface area contributed by atoms with Crippen LogP contribution in [0, 0.1) is 17.0 Å². The SMILES string of the molecule is CCNCc1nnnn1-c1ccc([N+](=O)[O-])c(C)c1. The van der Waals surface area contributed by atoms with Crippen LogP contribution in [0.1, 0.15) is 18.3 Å². The van der Waals surface area contributed by atoms with Crippen LogP contribution in [0.4, 0.5) is 5.69 Å². The van der Waals surface area contributed by atoms with Crippen LogP contribution in [-0.4, -0.2) is 31.7 Å². The number of benzene rings is 1. The van der Waals surface area contributed by atoms with E-state index in [1.165, 1.54) is 6.07 Å². The number of nitrogens with zero attached hydrogens (tertiary/aromatic N) is 5. The van der Waals surface area contributed by atoms with Crippen LogP contribution < -0.4 is 5.32 Å². The number of nitro benzene ring substituents is 1. The number of hydrogen-bond acceptors (Lipinski definition) is 6. The average molecular weight is 262 g/mol. The van der Waals surface area contributed by atoms with Crippen LogP contribution in [0.3, 0.4) is 0 Å². The van der Waals surface area contributed by atoms with E-state index in [0.29, 0.717) is 23.6 Å². The summed E-state index contributed by atoms with van der Waals surface area (Å²) >= 11 is 0. The maximum Gasteiger partial charge on any atom is 0.272 e. The van der Waals surface area contributed by atoms with Gasteiger partial charge in [-0.1, -0.05) is 6.92 Å². The highest BCUT2D eigenvalue weighted by Crippen LogP contribution is 2.20. The highest BCUT2D eigenvalue weighted by Gasteiger charge is 2.13. The fraction of sp³-hybridized carbons (Fsp3) is 0.364. The summed E-state index contributed by atoms with van der Waals surface area (Å²) in [6.07, 6.45) is 0. The molecule has 1 heterocycles. The quantitative estimate of drug-likeness (QED) is 0.637. The van der Waals surface area contributed by atoms with Crippen molar-refractivity contribution in [2.24, 2.45) is 0 Å². The average Bonchev–Trinajstić information content (AvgIpc) is 2.83. The van der Waals surface area contributed by atoms with Gasteiger partial charge in [-0.3, -0.25) is 10.1 Å². The molecule has 0 aliphatic carbocycles. The summed E-state index contributed by atoms with van der Waals surface area (Å²) in [7, 11) is 0. The molecular weight excluding hydrogens is 248 g/mol.